The van der Waals surface area contributed by atoms with Crippen molar-refractivity contribution in [2.75, 3.05) is 5.73 Å². The van der Waals surface area contributed by atoms with E-state index in [4.69, 9.17) is 14.9 Å². The molecule has 0 unspecified atom stereocenters. The quantitative estimate of drug-likeness (QED) is 0.591. The van der Waals surface area contributed by atoms with Crippen molar-refractivity contribution in [1.82, 2.24) is 15.2 Å². The number of halogens is 6. The summed E-state index contributed by atoms with van der Waals surface area (Å²) in [6, 6.07) is 0.538. The summed E-state index contributed by atoms with van der Waals surface area (Å²) in [7, 11) is 0. The molecular weight excluding hydrogens is 422 g/mol. The number of aromatic nitrogens is 3. The number of anilines is 1. The molecule has 3 rings (SSSR count). The fraction of sp³-hybridized carbons (Fsp3) is 0.588. The maximum Gasteiger partial charge on any atom is 0.426 e. The SMILES string of the molecule is C[C@H]1CCCCC[C@](O)(C(F)(F)F)c2nnc(o2)-c2nc(c(C(F)(F)F)cc2N)O1. The Kier molecular flexibility index (Phi) is 5.60. The number of hydrogen-bond acceptors (Lipinski definition) is 7. The highest BCUT2D eigenvalue weighted by atomic mass is 19.4. The molecule has 2 atom stereocenters. The molecule has 3 N–H and O–H groups in total. The summed E-state index contributed by atoms with van der Waals surface area (Å²) in [6.45, 7) is 1.51. The van der Waals surface area contributed by atoms with E-state index in [0.29, 0.717) is 12.5 Å². The lowest BCUT2D eigenvalue weighted by molar-refractivity contribution is -0.277. The monoisotopic (exact) mass is 440 g/mol. The van der Waals surface area contributed by atoms with Crippen LogP contribution >= 0.6 is 0 Å². The average Bonchev–Trinajstić information content (AvgIpc) is 3.10. The molecule has 0 saturated carbocycles. The van der Waals surface area contributed by atoms with Crippen LogP contribution in [-0.4, -0.2) is 32.6 Å². The molecule has 2 aromatic rings. The number of nitrogens with two attached hydrogens (primary N) is 1. The minimum absolute atomic E-state index is 0.0417. The van der Waals surface area contributed by atoms with Gasteiger partial charge in [0.1, 0.15) is 5.56 Å². The lowest BCUT2D eigenvalue weighted by Crippen LogP contribution is -2.42. The molecule has 1 aliphatic rings. The molecule has 0 aliphatic carbocycles. The molecule has 13 heteroatoms. The zero-order valence-corrected chi connectivity index (χ0v) is 15.6. The highest BCUT2D eigenvalue weighted by molar-refractivity contribution is 5.68. The Morgan fingerprint density at radius 1 is 1.13 bits per heavy atom. The second-order valence-corrected chi connectivity index (χ2v) is 7.07. The molecule has 7 nitrogen and oxygen atoms in total. The number of fused-ring (bicyclic) bond motifs is 5. The first kappa shape index (κ1) is 22.1. The maximum absolute atomic E-state index is 13.5. The number of alkyl halides is 6. The van der Waals surface area contributed by atoms with Gasteiger partial charge in [0.05, 0.1) is 11.8 Å². The minimum Gasteiger partial charge on any atom is -0.474 e. The summed E-state index contributed by atoms with van der Waals surface area (Å²) >= 11 is 0. The van der Waals surface area contributed by atoms with Crippen LogP contribution < -0.4 is 10.5 Å². The number of pyridine rings is 1. The summed E-state index contributed by atoms with van der Waals surface area (Å²) in [6.07, 6.45) is -10.5. The molecule has 4 bridgehead atoms. The lowest BCUT2D eigenvalue weighted by atomic mass is 9.94. The van der Waals surface area contributed by atoms with Crippen LogP contribution in [0.3, 0.4) is 0 Å². The van der Waals surface area contributed by atoms with E-state index in [0.717, 1.165) is 0 Å². The van der Waals surface area contributed by atoms with Crippen molar-refractivity contribution in [1.29, 1.82) is 0 Å². The van der Waals surface area contributed by atoms with Crippen LogP contribution in [0.5, 0.6) is 5.88 Å². The molecule has 1 aliphatic heterocycles. The summed E-state index contributed by atoms with van der Waals surface area (Å²) in [5.41, 5.74) is -0.0609. The Morgan fingerprint density at radius 2 is 1.83 bits per heavy atom. The third-order valence-electron chi connectivity index (χ3n) is 4.73. The molecule has 30 heavy (non-hydrogen) atoms. The van der Waals surface area contributed by atoms with Crippen LogP contribution in [0.1, 0.15) is 50.5 Å². The van der Waals surface area contributed by atoms with Crippen LogP contribution in [0.2, 0.25) is 0 Å². The van der Waals surface area contributed by atoms with Gasteiger partial charge < -0.3 is 20.0 Å². The smallest absolute Gasteiger partial charge is 0.426 e. The number of ether oxygens (including phenoxy) is 1. The predicted octanol–water partition coefficient (Wildman–Crippen LogP) is 4.21. The van der Waals surface area contributed by atoms with E-state index in [1.54, 1.807) is 0 Å². The van der Waals surface area contributed by atoms with Crippen molar-refractivity contribution >= 4 is 5.69 Å². The van der Waals surface area contributed by atoms with Gasteiger partial charge in [-0.1, -0.05) is 6.42 Å². The third kappa shape index (κ3) is 4.16. The van der Waals surface area contributed by atoms with Crippen molar-refractivity contribution in [3.8, 4) is 17.5 Å². The van der Waals surface area contributed by atoms with Crippen LogP contribution in [0.15, 0.2) is 10.5 Å². The van der Waals surface area contributed by atoms with Gasteiger partial charge >= 0.3 is 12.4 Å². The van der Waals surface area contributed by atoms with Crippen molar-refractivity contribution in [2.24, 2.45) is 0 Å². The van der Waals surface area contributed by atoms with Gasteiger partial charge in [0.15, 0.2) is 5.69 Å². The van der Waals surface area contributed by atoms with Crippen molar-refractivity contribution in [3.05, 3.63) is 17.5 Å². The Hall–Kier alpha value is -2.57. The summed E-state index contributed by atoms with van der Waals surface area (Å²) in [5, 5.41) is 16.9. The molecule has 0 aromatic carbocycles. The molecule has 0 amide bonds. The van der Waals surface area contributed by atoms with Gasteiger partial charge in [-0.3, -0.25) is 0 Å². The zero-order valence-electron chi connectivity index (χ0n) is 15.6. The maximum atomic E-state index is 13.5. The second-order valence-electron chi connectivity index (χ2n) is 7.07. The van der Waals surface area contributed by atoms with Gasteiger partial charge in [-0.2, -0.15) is 26.3 Å². The van der Waals surface area contributed by atoms with Crippen LogP contribution in [-0.2, 0) is 11.8 Å². The Labute approximate surface area is 166 Å². The first-order valence-electron chi connectivity index (χ1n) is 9.01. The molecule has 3 heterocycles. The number of nitrogens with zero attached hydrogens (tertiary/aromatic N) is 3. The highest BCUT2D eigenvalue weighted by Gasteiger charge is 2.58. The van der Waals surface area contributed by atoms with Crippen LogP contribution in [0, 0.1) is 0 Å². The van der Waals surface area contributed by atoms with Gasteiger partial charge in [-0.05, 0) is 38.7 Å². The number of nitrogen functional groups attached to an aromatic ring is 1. The summed E-state index contributed by atoms with van der Waals surface area (Å²) < 4.78 is 91.1. The van der Waals surface area contributed by atoms with Crippen LogP contribution in [0.4, 0.5) is 32.0 Å². The topological polar surface area (TPSA) is 107 Å². The largest absolute Gasteiger partial charge is 0.474 e. The second kappa shape index (κ2) is 7.60. The predicted molar refractivity (Wildman–Crippen MR) is 90.1 cm³/mol. The molecular formula is C17H18F6N4O3. The summed E-state index contributed by atoms with van der Waals surface area (Å²) in [4.78, 5) is 3.71. The lowest BCUT2D eigenvalue weighted by Gasteiger charge is -2.27. The van der Waals surface area contributed by atoms with Crippen molar-refractivity contribution in [2.45, 2.75) is 63.1 Å². The zero-order chi connectivity index (χ0) is 22.3. The summed E-state index contributed by atoms with van der Waals surface area (Å²) in [5.74, 6) is -2.62. The van der Waals surface area contributed by atoms with Gasteiger partial charge in [-0.25, -0.2) is 4.98 Å². The minimum atomic E-state index is -5.12. The van der Waals surface area contributed by atoms with Gasteiger partial charge in [0.2, 0.25) is 11.5 Å². The molecule has 166 valence electrons. The third-order valence-corrected chi connectivity index (χ3v) is 4.73. The van der Waals surface area contributed by atoms with E-state index in [-0.39, 0.29) is 19.3 Å². The van der Waals surface area contributed by atoms with E-state index in [9.17, 15) is 31.4 Å². The molecule has 0 spiro atoms. The highest BCUT2D eigenvalue weighted by Crippen LogP contribution is 2.44. The number of aliphatic hydroxyl groups is 1. The fourth-order valence-corrected chi connectivity index (χ4v) is 3.07. The van der Waals surface area contributed by atoms with E-state index in [1.807, 2.05) is 0 Å². The van der Waals surface area contributed by atoms with E-state index in [1.165, 1.54) is 6.92 Å². The fourth-order valence-electron chi connectivity index (χ4n) is 3.07. The standard InChI is InChI=1S/C17H18F6N4O3/c1-8-5-3-2-4-6-15(28,17(21,22)23)14-27-26-13(30-14)11-10(24)7-9(16(18,19)20)12(25-11)29-8/h7-8,28H,2-6,24H2,1H3/t8-,15+/m0/s1. The van der Waals surface area contributed by atoms with E-state index < -0.39 is 65.1 Å². The van der Waals surface area contributed by atoms with E-state index >= 15 is 0 Å². The number of hydrogen-bond donors (Lipinski definition) is 2. The molecule has 0 fully saturated rings. The number of rotatable bonds is 0. The van der Waals surface area contributed by atoms with Gasteiger partial charge in [0, 0.05) is 0 Å². The van der Waals surface area contributed by atoms with E-state index in [2.05, 4.69) is 15.2 Å². The average molecular weight is 440 g/mol. The normalized spacial score (nSPS) is 23.5. The Morgan fingerprint density at radius 3 is 2.47 bits per heavy atom. The molecule has 0 radical (unpaired) electrons. The Balaban J connectivity index is 2.17. The Bertz CT molecular complexity index is 914. The van der Waals surface area contributed by atoms with Crippen molar-refractivity contribution < 1.29 is 40.6 Å². The van der Waals surface area contributed by atoms with Gasteiger partial charge in [0.25, 0.3) is 11.8 Å². The van der Waals surface area contributed by atoms with Crippen molar-refractivity contribution in [3.63, 3.8) is 0 Å². The molecule has 0 saturated heterocycles. The first-order valence-corrected chi connectivity index (χ1v) is 9.01. The van der Waals surface area contributed by atoms with Gasteiger partial charge in [-0.15, -0.1) is 10.2 Å². The van der Waals surface area contributed by atoms with Crippen LogP contribution in [0.25, 0.3) is 11.6 Å². The molecule has 2 aromatic heterocycles. The first-order chi connectivity index (χ1) is 13.8.